The number of hydrogen-bond acceptors (Lipinski definition) is 5. The van der Waals surface area contributed by atoms with Crippen LogP contribution in [0.25, 0.3) is 11.1 Å². The molecule has 0 amide bonds. The van der Waals surface area contributed by atoms with Crippen molar-refractivity contribution in [3.63, 3.8) is 0 Å². The van der Waals surface area contributed by atoms with Crippen LogP contribution >= 0.6 is 0 Å². The molecule has 0 bridgehead atoms. The molecule has 2 heterocycles. The fraction of sp³-hybridized carbons (Fsp3) is 0.400. The van der Waals surface area contributed by atoms with E-state index in [1.54, 1.807) is 6.92 Å². The van der Waals surface area contributed by atoms with Crippen molar-refractivity contribution >= 4 is 5.97 Å². The van der Waals surface area contributed by atoms with E-state index < -0.39 is 36.4 Å². The number of halogens is 4. The molecule has 1 aromatic heterocycles. The van der Waals surface area contributed by atoms with Gasteiger partial charge in [-0.1, -0.05) is 0 Å². The molecule has 2 aromatic rings. The molecule has 1 aromatic carbocycles. The molecule has 5 nitrogen and oxygen atoms in total. The minimum atomic E-state index is -2.96. The van der Waals surface area contributed by atoms with Crippen LogP contribution in [0, 0.1) is 11.6 Å². The highest BCUT2D eigenvalue weighted by Gasteiger charge is 2.31. The van der Waals surface area contributed by atoms with Crippen LogP contribution in [-0.2, 0) is 15.9 Å². The Morgan fingerprint density at radius 1 is 1.28 bits per heavy atom. The number of carbonyl (C=O) groups is 1. The highest BCUT2D eigenvalue weighted by atomic mass is 19.3. The maximum absolute atomic E-state index is 14.4. The first-order chi connectivity index (χ1) is 13.8. The molecular weight excluding hydrogens is 394 g/mol. The Kier molecular flexibility index (Phi) is 6.36. The summed E-state index contributed by atoms with van der Waals surface area (Å²) in [4.78, 5) is 16.3. The first-order valence-electron chi connectivity index (χ1n) is 9.06. The predicted octanol–water partition coefficient (Wildman–Crippen LogP) is 4.52. The van der Waals surface area contributed by atoms with Crippen molar-refractivity contribution in [2.45, 2.75) is 45.5 Å². The first kappa shape index (κ1) is 21.0. The summed E-state index contributed by atoms with van der Waals surface area (Å²) in [6.45, 7) is 0.197. The molecule has 0 radical (unpaired) electrons. The van der Waals surface area contributed by atoms with Gasteiger partial charge in [0.1, 0.15) is 17.7 Å². The number of esters is 1. The van der Waals surface area contributed by atoms with Gasteiger partial charge in [0.15, 0.2) is 5.69 Å². The summed E-state index contributed by atoms with van der Waals surface area (Å²) in [6, 6.07) is 4.44. The summed E-state index contributed by atoms with van der Waals surface area (Å²) in [5.74, 6) is -2.30. The molecule has 2 atom stereocenters. The Morgan fingerprint density at radius 3 is 2.69 bits per heavy atom. The monoisotopic (exact) mass is 413 g/mol. The van der Waals surface area contributed by atoms with E-state index in [0.29, 0.717) is 24.0 Å². The number of ether oxygens (including phenoxy) is 3. The zero-order valence-electron chi connectivity index (χ0n) is 15.8. The van der Waals surface area contributed by atoms with Gasteiger partial charge >= 0.3 is 12.6 Å². The Morgan fingerprint density at radius 2 is 2.03 bits per heavy atom. The fourth-order valence-corrected chi connectivity index (χ4v) is 3.21. The van der Waals surface area contributed by atoms with E-state index in [1.807, 2.05) is 0 Å². The number of nitrogens with zero attached hydrogens (tertiary/aromatic N) is 1. The van der Waals surface area contributed by atoms with Crippen LogP contribution < -0.4 is 4.74 Å². The van der Waals surface area contributed by atoms with Crippen LogP contribution in [0.4, 0.5) is 17.6 Å². The molecule has 0 fully saturated rings. The number of aromatic nitrogens is 1. The van der Waals surface area contributed by atoms with Gasteiger partial charge in [-0.05, 0) is 50.5 Å². The van der Waals surface area contributed by atoms with Gasteiger partial charge in [0.2, 0.25) is 5.88 Å². The number of carbonyl (C=O) groups excluding carboxylic acids is 1. The van der Waals surface area contributed by atoms with Crippen molar-refractivity contribution in [3.05, 3.63) is 47.2 Å². The lowest BCUT2D eigenvalue weighted by Gasteiger charge is -2.30. The topological polar surface area (TPSA) is 57.7 Å². The molecule has 1 aliphatic rings. The van der Waals surface area contributed by atoms with Crippen molar-refractivity contribution in [1.82, 2.24) is 4.98 Å². The number of fused-ring (bicyclic) bond motifs is 1. The fourth-order valence-electron chi connectivity index (χ4n) is 3.21. The van der Waals surface area contributed by atoms with Gasteiger partial charge in [0.25, 0.3) is 0 Å². The molecule has 0 saturated carbocycles. The minimum absolute atomic E-state index is 0.00949. The maximum atomic E-state index is 14.4. The van der Waals surface area contributed by atoms with Crippen LogP contribution in [0.1, 0.15) is 36.3 Å². The first-order valence-corrected chi connectivity index (χ1v) is 9.06. The smallest absolute Gasteiger partial charge is 0.357 e. The third-order valence-electron chi connectivity index (χ3n) is 4.58. The van der Waals surface area contributed by atoms with Crippen molar-refractivity contribution in [2.75, 3.05) is 6.61 Å². The molecule has 0 N–H and O–H groups in total. The van der Waals surface area contributed by atoms with E-state index in [1.165, 1.54) is 19.1 Å². The normalized spacial score (nSPS) is 16.9. The van der Waals surface area contributed by atoms with Crippen LogP contribution in [0.3, 0.4) is 0 Å². The molecule has 0 unspecified atom stereocenters. The minimum Gasteiger partial charge on any atom is -0.471 e. The maximum Gasteiger partial charge on any atom is 0.357 e. The van der Waals surface area contributed by atoms with E-state index in [2.05, 4.69) is 9.72 Å². The van der Waals surface area contributed by atoms with E-state index in [4.69, 9.17) is 9.47 Å². The number of pyridine rings is 1. The van der Waals surface area contributed by atoms with E-state index in [0.717, 1.165) is 12.1 Å². The van der Waals surface area contributed by atoms with E-state index >= 15 is 0 Å². The lowest BCUT2D eigenvalue weighted by Crippen LogP contribution is -2.36. The molecule has 3 rings (SSSR count). The molecule has 0 aliphatic carbocycles. The Balaban J connectivity index is 2.05. The second-order valence-corrected chi connectivity index (χ2v) is 6.48. The summed E-state index contributed by atoms with van der Waals surface area (Å²) in [6.07, 6.45) is -1.02. The molecule has 29 heavy (non-hydrogen) atoms. The Bertz CT molecular complexity index is 906. The third-order valence-corrected chi connectivity index (χ3v) is 4.58. The summed E-state index contributed by atoms with van der Waals surface area (Å²) in [7, 11) is 0. The average molecular weight is 413 g/mol. The van der Waals surface area contributed by atoms with E-state index in [9.17, 15) is 22.4 Å². The third kappa shape index (κ3) is 4.67. The van der Waals surface area contributed by atoms with Crippen LogP contribution in [0.2, 0.25) is 0 Å². The Hall–Kier alpha value is -2.68. The molecule has 0 spiro atoms. The van der Waals surface area contributed by atoms with Crippen LogP contribution in [0.15, 0.2) is 24.3 Å². The van der Waals surface area contributed by atoms with Gasteiger partial charge in [0, 0.05) is 17.2 Å². The zero-order valence-corrected chi connectivity index (χ0v) is 15.8. The molecule has 0 saturated heterocycles. The Labute approximate surface area is 164 Å². The van der Waals surface area contributed by atoms with Gasteiger partial charge in [-0.25, -0.2) is 18.6 Å². The largest absolute Gasteiger partial charge is 0.471 e. The highest BCUT2D eigenvalue weighted by molar-refractivity contribution is 5.90. The quantitative estimate of drug-likeness (QED) is 0.515. The molecule has 9 heteroatoms. The average Bonchev–Trinajstić information content (AvgIpc) is 2.66. The second kappa shape index (κ2) is 8.77. The second-order valence-electron chi connectivity index (χ2n) is 6.48. The molecule has 1 aliphatic heterocycles. The van der Waals surface area contributed by atoms with Gasteiger partial charge in [-0.15, -0.1) is 0 Å². The number of rotatable bonds is 6. The standard InChI is InChI=1S/C20H19F4NO4/c1-3-27-19(26)16-9-14(12-5-4-11(21)8-15(12)22)13-6-7-17(29-18(13)25-16)10(2)28-20(23)24/h4-5,8-10,17,20H,3,6-7H2,1-2H3/t10-,17+/m0/s1. The van der Waals surface area contributed by atoms with E-state index in [-0.39, 0.29) is 23.7 Å². The highest BCUT2D eigenvalue weighted by Crippen LogP contribution is 2.37. The molecular formula is C20H19F4NO4. The van der Waals surface area contributed by atoms with Crippen LogP contribution in [0.5, 0.6) is 5.88 Å². The number of hydrogen-bond donors (Lipinski definition) is 0. The summed E-state index contributed by atoms with van der Waals surface area (Å²) >= 11 is 0. The van der Waals surface area contributed by atoms with Crippen LogP contribution in [-0.4, -0.2) is 36.4 Å². The molecule has 156 valence electrons. The summed E-state index contributed by atoms with van der Waals surface area (Å²) in [5, 5.41) is 0. The van der Waals surface area contributed by atoms with Crippen molar-refractivity contribution in [2.24, 2.45) is 0 Å². The van der Waals surface area contributed by atoms with Crippen molar-refractivity contribution < 1.29 is 36.6 Å². The van der Waals surface area contributed by atoms with Crippen molar-refractivity contribution in [3.8, 4) is 17.0 Å². The summed E-state index contributed by atoms with van der Waals surface area (Å²) in [5.41, 5.74) is 0.724. The number of alkyl halides is 2. The van der Waals surface area contributed by atoms with Gasteiger partial charge < -0.3 is 14.2 Å². The SMILES string of the molecule is CCOC(=O)c1cc(-c2ccc(F)cc2F)c2c(n1)O[C@@H]([C@H](C)OC(F)F)CC2. The lowest BCUT2D eigenvalue weighted by atomic mass is 9.93. The van der Waals surface area contributed by atoms with Gasteiger partial charge in [-0.3, -0.25) is 0 Å². The summed E-state index contributed by atoms with van der Waals surface area (Å²) < 4.78 is 68.0. The number of benzene rings is 1. The predicted molar refractivity (Wildman–Crippen MR) is 94.8 cm³/mol. The van der Waals surface area contributed by atoms with Gasteiger partial charge in [-0.2, -0.15) is 8.78 Å². The zero-order chi connectivity index (χ0) is 21.1. The van der Waals surface area contributed by atoms with Crippen molar-refractivity contribution in [1.29, 1.82) is 0 Å². The van der Waals surface area contributed by atoms with Gasteiger partial charge in [0.05, 0.1) is 12.7 Å². The lowest BCUT2D eigenvalue weighted by molar-refractivity contribution is -0.180.